The van der Waals surface area contributed by atoms with Crippen molar-refractivity contribution in [1.82, 2.24) is 0 Å². The zero-order valence-corrected chi connectivity index (χ0v) is 10.8. The molecule has 0 amide bonds. The van der Waals surface area contributed by atoms with Crippen LogP contribution in [0.1, 0.15) is 38.3 Å². The van der Waals surface area contributed by atoms with E-state index in [1.54, 1.807) is 0 Å². The molecule has 90 valence electrons. The van der Waals surface area contributed by atoms with Crippen LogP contribution < -0.4 is 5.73 Å². The summed E-state index contributed by atoms with van der Waals surface area (Å²) in [6, 6.07) is 8.47. The highest BCUT2D eigenvalue weighted by Gasteiger charge is 2.05. The van der Waals surface area contributed by atoms with Crippen molar-refractivity contribution in [3.05, 3.63) is 29.8 Å². The van der Waals surface area contributed by atoms with Gasteiger partial charge in [-0.05, 0) is 30.5 Å². The first-order valence-corrected chi connectivity index (χ1v) is 6.64. The highest BCUT2D eigenvalue weighted by atomic mass is 32.2. The second kappa shape index (κ2) is 6.94. The Hall–Kier alpha value is -0.510. The Morgan fingerprint density at radius 3 is 2.38 bits per heavy atom. The summed E-state index contributed by atoms with van der Waals surface area (Å²) in [4.78, 5) is 1.29. The number of nitrogens with two attached hydrogens (primary N) is 1. The Labute approximate surface area is 102 Å². The molecule has 1 unspecified atom stereocenters. The van der Waals surface area contributed by atoms with Crippen molar-refractivity contribution in [3.8, 4) is 0 Å². The van der Waals surface area contributed by atoms with Gasteiger partial charge in [-0.15, -0.1) is 11.8 Å². The van der Waals surface area contributed by atoms with Crippen LogP contribution in [0.2, 0.25) is 0 Å². The van der Waals surface area contributed by atoms with Gasteiger partial charge in [0.25, 0.3) is 0 Å². The van der Waals surface area contributed by atoms with Crippen molar-refractivity contribution in [1.29, 1.82) is 0 Å². The SMILES string of the molecule is CC(C)Sc1ccc(C(N)CCCO)cc1. The average molecular weight is 239 g/mol. The van der Waals surface area contributed by atoms with E-state index in [0.29, 0.717) is 5.25 Å². The topological polar surface area (TPSA) is 46.2 Å². The van der Waals surface area contributed by atoms with Crippen LogP contribution in [0.3, 0.4) is 0 Å². The first-order chi connectivity index (χ1) is 7.63. The summed E-state index contributed by atoms with van der Waals surface area (Å²) in [5.74, 6) is 0. The monoisotopic (exact) mass is 239 g/mol. The number of thioether (sulfide) groups is 1. The lowest BCUT2D eigenvalue weighted by Crippen LogP contribution is -2.10. The Morgan fingerprint density at radius 2 is 1.88 bits per heavy atom. The van der Waals surface area contributed by atoms with Crippen molar-refractivity contribution < 1.29 is 5.11 Å². The summed E-state index contributed by atoms with van der Waals surface area (Å²) in [6.45, 7) is 4.59. The number of aliphatic hydroxyl groups is 1. The predicted octanol–water partition coefficient (Wildman–Crippen LogP) is 2.96. The highest BCUT2D eigenvalue weighted by molar-refractivity contribution is 7.99. The fourth-order valence-electron chi connectivity index (χ4n) is 1.54. The number of rotatable bonds is 6. The molecular formula is C13H21NOS. The van der Waals surface area contributed by atoms with Crippen molar-refractivity contribution in [2.75, 3.05) is 6.61 Å². The molecule has 1 rings (SSSR count). The minimum Gasteiger partial charge on any atom is -0.396 e. The van der Waals surface area contributed by atoms with Crippen LogP contribution in [0, 0.1) is 0 Å². The van der Waals surface area contributed by atoms with Crippen molar-refractivity contribution in [3.63, 3.8) is 0 Å². The highest BCUT2D eigenvalue weighted by Crippen LogP contribution is 2.25. The van der Waals surface area contributed by atoms with E-state index in [9.17, 15) is 0 Å². The van der Waals surface area contributed by atoms with E-state index < -0.39 is 0 Å². The quantitative estimate of drug-likeness (QED) is 0.750. The fraction of sp³-hybridized carbons (Fsp3) is 0.538. The molecule has 2 nitrogen and oxygen atoms in total. The second-order valence-corrected chi connectivity index (χ2v) is 5.86. The molecule has 0 aliphatic heterocycles. The molecule has 16 heavy (non-hydrogen) atoms. The van der Waals surface area contributed by atoms with Gasteiger partial charge in [0, 0.05) is 22.8 Å². The zero-order chi connectivity index (χ0) is 12.0. The minimum absolute atomic E-state index is 0.0465. The summed E-state index contributed by atoms with van der Waals surface area (Å²) < 4.78 is 0. The van der Waals surface area contributed by atoms with Crippen molar-refractivity contribution in [2.45, 2.75) is 42.9 Å². The van der Waals surface area contributed by atoms with Crippen molar-refractivity contribution >= 4 is 11.8 Å². The van der Waals surface area contributed by atoms with Crippen LogP contribution in [0.4, 0.5) is 0 Å². The smallest absolute Gasteiger partial charge is 0.0431 e. The summed E-state index contributed by atoms with van der Waals surface area (Å²) in [6.07, 6.45) is 1.61. The standard InChI is InChI=1S/C13H21NOS/c1-10(2)16-12-7-5-11(6-8-12)13(14)4-3-9-15/h5-8,10,13,15H,3-4,9,14H2,1-2H3. The molecule has 0 saturated carbocycles. The normalized spacial score (nSPS) is 13.1. The Bertz CT molecular complexity index is 297. The molecule has 0 heterocycles. The molecule has 1 atom stereocenters. The summed E-state index contributed by atoms with van der Waals surface area (Å²) in [5, 5.41) is 9.35. The molecule has 0 saturated heterocycles. The van der Waals surface area contributed by atoms with Gasteiger partial charge >= 0.3 is 0 Å². The summed E-state index contributed by atoms with van der Waals surface area (Å²) in [7, 11) is 0. The van der Waals surface area contributed by atoms with Crippen LogP contribution in [0.5, 0.6) is 0 Å². The maximum absolute atomic E-state index is 8.75. The Morgan fingerprint density at radius 1 is 1.25 bits per heavy atom. The van der Waals surface area contributed by atoms with Gasteiger partial charge < -0.3 is 10.8 Å². The summed E-state index contributed by atoms with van der Waals surface area (Å²) in [5.41, 5.74) is 7.17. The lowest BCUT2D eigenvalue weighted by molar-refractivity contribution is 0.280. The van der Waals surface area contributed by atoms with E-state index >= 15 is 0 Å². The van der Waals surface area contributed by atoms with Gasteiger partial charge in [0.2, 0.25) is 0 Å². The molecule has 0 spiro atoms. The number of hydrogen-bond acceptors (Lipinski definition) is 3. The first kappa shape index (κ1) is 13.6. The predicted molar refractivity (Wildman–Crippen MR) is 70.7 cm³/mol. The molecule has 0 fully saturated rings. The lowest BCUT2D eigenvalue weighted by Gasteiger charge is -2.12. The van der Waals surface area contributed by atoms with E-state index in [2.05, 4.69) is 38.1 Å². The molecular weight excluding hydrogens is 218 g/mol. The van der Waals surface area contributed by atoms with E-state index in [0.717, 1.165) is 18.4 Å². The van der Waals surface area contributed by atoms with E-state index in [1.807, 2.05) is 11.8 Å². The van der Waals surface area contributed by atoms with Gasteiger partial charge in [-0.2, -0.15) is 0 Å². The molecule has 0 aromatic heterocycles. The third-order valence-electron chi connectivity index (χ3n) is 2.35. The molecule has 1 aromatic rings. The average Bonchev–Trinajstić information content (AvgIpc) is 2.26. The lowest BCUT2D eigenvalue weighted by atomic mass is 10.0. The van der Waals surface area contributed by atoms with Crippen LogP contribution in [0.15, 0.2) is 29.2 Å². The maximum atomic E-state index is 8.75. The second-order valence-electron chi connectivity index (χ2n) is 4.21. The summed E-state index contributed by atoms with van der Waals surface area (Å²) >= 11 is 1.86. The van der Waals surface area contributed by atoms with Crippen LogP contribution in [-0.4, -0.2) is 17.0 Å². The molecule has 3 heteroatoms. The van der Waals surface area contributed by atoms with E-state index in [-0.39, 0.29) is 12.6 Å². The number of hydrogen-bond donors (Lipinski definition) is 2. The Kier molecular flexibility index (Phi) is 5.88. The van der Waals surface area contributed by atoms with Crippen molar-refractivity contribution in [2.24, 2.45) is 5.73 Å². The first-order valence-electron chi connectivity index (χ1n) is 5.76. The Balaban J connectivity index is 2.56. The number of aliphatic hydroxyl groups excluding tert-OH is 1. The van der Waals surface area contributed by atoms with Gasteiger partial charge in [-0.25, -0.2) is 0 Å². The van der Waals surface area contributed by atoms with Gasteiger partial charge in [0.05, 0.1) is 0 Å². The van der Waals surface area contributed by atoms with Gasteiger partial charge in [0.15, 0.2) is 0 Å². The minimum atomic E-state index is 0.0465. The van der Waals surface area contributed by atoms with Gasteiger partial charge in [-0.1, -0.05) is 26.0 Å². The third-order valence-corrected chi connectivity index (χ3v) is 3.37. The molecule has 1 aromatic carbocycles. The van der Waals surface area contributed by atoms with E-state index in [4.69, 9.17) is 10.8 Å². The molecule has 0 aliphatic carbocycles. The maximum Gasteiger partial charge on any atom is 0.0431 e. The molecule has 0 bridgehead atoms. The third kappa shape index (κ3) is 4.56. The van der Waals surface area contributed by atoms with E-state index in [1.165, 1.54) is 4.90 Å². The van der Waals surface area contributed by atoms with Gasteiger partial charge in [-0.3, -0.25) is 0 Å². The number of benzene rings is 1. The molecule has 0 aliphatic rings. The fourth-order valence-corrected chi connectivity index (χ4v) is 2.38. The van der Waals surface area contributed by atoms with Crippen LogP contribution >= 0.6 is 11.8 Å². The molecule has 3 N–H and O–H groups in total. The van der Waals surface area contributed by atoms with Crippen LogP contribution in [-0.2, 0) is 0 Å². The van der Waals surface area contributed by atoms with Crippen LogP contribution in [0.25, 0.3) is 0 Å². The molecule has 0 radical (unpaired) electrons. The largest absolute Gasteiger partial charge is 0.396 e. The van der Waals surface area contributed by atoms with Gasteiger partial charge in [0.1, 0.15) is 0 Å². The zero-order valence-electron chi connectivity index (χ0n) is 10.0.